The number of aryl methyl sites for hydroxylation is 1. The molecule has 0 saturated heterocycles. The molecular formula is C13H14ClN3O2. The minimum atomic E-state index is 0.248. The summed E-state index contributed by atoms with van der Waals surface area (Å²) in [7, 11) is 0. The largest absolute Gasteiger partial charge is 0.454 e. The summed E-state index contributed by atoms with van der Waals surface area (Å²) >= 11 is 6.19. The number of benzene rings is 1. The molecule has 5 nitrogen and oxygen atoms in total. The lowest BCUT2D eigenvalue weighted by Gasteiger charge is -2.08. The van der Waals surface area contributed by atoms with Gasteiger partial charge in [0.15, 0.2) is 11.5 Å². The number of anilines is 1. The number of nitrogens with one attached hydrogen (secondary N) is 1. The van der Waals surface area contributed by atoms with Gasteiger partial charge in [-0.05, 0) is 6.92 Å². The number of hydrogen-bond acceptors (Lipinski definition) is 4. The van der Waals surface area contributed by atoms with Crippen LogP contribution in [0, 0.1) is 0 Å². The molecule has 19 heavy (non-hydrogen) atoms. The number of fused-ring (bicyclic) bond motifs is 1. The summed E-state index contributed by atoms with van der Waals surface area (Å²) in [4.78, 5) is 0. The number of halogens is 1. The van der Waals surface area contributed by atoms with Crippen molar-refractivity contribution < 1.29 is 9.47 Å². The Kier molecular flexibility index (Phi) is 3.21. The molecule has 0 saturated carbocycles. The van der Waals surface area contributed by atoms with E-state index in [-0.39, 0.29) is 6.79 Å². The molecular weight excluding hydrogens is 266 g/mol. The highest BCUT2D eigenvalue weighted by Crippen LogP contribution is 2.39. The van der Waals surface area contributed by atoms with E-state index >= 15 is 0 Å². The second-order valence-corrected chi connectivity index (χ2v) is 4.65. The molecule has 0 spiro atoms. The smallest absolute Gasteiger partial charge is 0.231 e. The van der Waals surface area contributed by atoms with Gasteiger partial charge in [-0.15, -0.1) is 0 Å². The Labute approximate surface area is 116 Å². The van der Waals surface area contributed by atoms with E-state index in [0.717, 1.165) is 23.5 Å². The van der Waals surface area contributed by atoms with E-state index in [1.165, 1.54) is 0 Å². The molecule has 2 heterocycles. The van der Waals surface area contributed by atoms with Crippen LogP contribution in [0.15, 0.2) is 24.5 Å². The van der Waals surface area contributed by atoms with Gasteiger partial charge in [0.05, 0.1) is 16.9 Å². The standard InChI is InChI=1S/C13H14ClN3O2/c1-2-17-7-9(6-16-17)5-15-11-4-13-12(3-10(11)14)18-8-19-13/h3-4,6-7,15H,2,5,8H2,1H3. The fraction of sp³-hybridized carbons (Fsp3) is 0.308. The third-order valence-electron chi connectivity index (χ3n) is 2.96. The van der Waals surface area contributed by atoms with Gasteiger partial charge in [0, 0.05) is 37.0 Å². The first-order valence-electron chi connectivity index (χ1n) is 6.10. The molecule has 1 N–H and O–H groups in total. The van der Waals surface area contributed by atoms with Crippen LogP contribution >= 0.6 is 11.6 Å². The molecule has 1 aromatic heterocycles. The number of nitrogens with zero attached hydrogens (tertiary/aromatic N) is 2. The van der Waals surface area contributed by atoms with Crippen LogP contribution in [0.5, 0.6) is 11.5 Å². The monoisotopic (exact) mass is 279 g/mol. The van der Waals surface area contributed by atoms with Crippen molar-refractivity contribution >= 4 is 17.3 Å². The summed E-state index contributed by atoms with van der Waals surface area (Å²) < 4.78 is 12.5. The van der Waals surface area contributed by atoms with E-state index in [9.17, 15) is 0 Å². The van der Waals surface area contributed by atoms with E-state index in [4.69, 9.17) is 21.1 Å². The molecule has 0 radical (unpaired) electrons. The highest BCUT2D eigenvalue weighted by Gasteiger charge is 2.16. The summed E-state index contributed by atoms with van der Waals surface area (Å²) in [6, 6.07) is 3.62. The third-order valence-corrected chi connectivity index (χ3v) is 3.27. The molecule has 1 aliphatic heterocycles. The molecule has 2 aromatic rings. The van der Waals surface area contributed by atoms with Crippen LogP contribution in [0.1, 0.15) is 12.5 Å². The van der Waals surface area contributed by atoms with Crippen molar-refractivity contribution in [3.63, 3.8) is 0 Å². The van der Waals surface area contributed by atoms with Gasteiger partial charge in [-0.1, -0.05) is 11.6 Å². The van der Waals surface area contributed by atoms with E-state index in [1.807, 2.05) is 23.1 Å². The minimum absolute atomic E-state index is 0.248. The van der Waals surface area contributed by atoms with Gasteiger partial charge in [-0.3, -0.25) is 4.68 Å². The predicted molar refractivity (Wildman–Crippen MR) is 72.8 cm³/mol. The molecule has 1 aromatic carbocycles. The molecule has 100 valence electrons. The predicted octanol–water partition coefficient (Wildman–Crippen LogP) is 2.90. The zero-order valence-electron chi connectivity index (χ0n) is 10.5. The average Bonchev–Trinajstić information content (AvgIpc) is 3.03. The Hall–Kier alpha value is -1.88. The molecule has 0 amide bonds. The van der Waals surface area contributed by atoms with Crippen molar-refractivity contribution in [2.75, 3.05) is 12.1 Å². The molecule has 1 aliphatic rings. The fourth-order valence-corrected chi connectivity index (χ4v) is 2.14. The van der Waals surface area contributed by atoms with Crippen molar-refractivity contribution in [1.82, 2.24) is 9.78 Å². The lowest BCUT2D eigenvalue weighted by molar-refractivity contribution is 0.174. The molecule has 6 heteroatoms. The normalized spacial score (nSPS) is 12.7. The molecule has 0 atom stereocenters. The van der Waals surface area contributed by atoms with Crippen molar-refractivity contribution in [2.24, 2.45) is 0 Å². The van der Waals surface area contributed by atoms with Gasteiger partial charge < -0.3 is 14.8 Å². The summed E-state index contributed by atoms with van der Waals surface area (Å²) in [5.74, 6) is 1.41. The van der Waals surface area contributed by atoms with Crippen LogP contribution in [0.25, 0.3) is 0 Å². The lowest BCUT2D eigenvalue weighted by Crippen LogP contribution is -1.99. The fourth-order valence-electron chi connectivity index (χ4n) is 1.92. The summed E-state index contributed by atoms with van der Waals surface area (Å²) in [6.45, 7) is 3.83. The lowest BCUT2D eigenvalue weighted by atomic mass is 10.2. The quantitative estimate of drug-likeness (QED) is 0.935. The van der Waals surface area contributed by atoms with Crippen molar-refractivity contribution in [2.45, 2.75) is 20.0 Å². The maximum absolute atomic E-state index is 6.19. The first kappa shape index (κ1) is 12.2. The topological polar surface area (TPSA) is 48.3 Å². The first-order valence-corrected chi connectivity index (χ1v) is 6.48. The second-order valence-electron chi connectivity index (χ2n) is 4.24. The summed E-state index contributed by atoms with van der Waals surface area (Å²) in [6.07, 6.45) is 3.85. The van der Waals surface area contributed by atoms with E-state index in [1.54, 1.807) is 6.07 Å². The molecule has 0 unspecified atom stereocenters. The van der Waals surface area contributed by atoms with Crippen molar-refractivity contribution in [3.8, 4) is 11.5 Å². The van der Waals surface area contributed by atoms with Crippen LogP contribution < -0.4 is 14.8 Å². The van der Waals surface area contributed by atoms with E-state index in [0.29, 0.717) is 17.3 Å². The Morgan fingerprint density at radius 1 is 1.37 bits per heavy atom. The maximum Gasteiger partial charge on any atom is 0.231 e. The summed E-state index contributed by atoms with van der Waals surface area (Å²) in [5, 5.41) is 8.12. The Morgan fingerprint density at radius 2 is 2.16 bits per heavy atom. The first-order chi connectivity index (χ1) is 9.26. The number of rotatable bonds is 4. The number of hydrogen-bond donors (Lipinski definition) is 1. The Morgan fingerprint density at radius 3 is 2.89 bits per heavy atom. The summed E-state index contributed by atoms with van der Waals surface area (Å²) in [5.41, 5.74) is 1.94. The van der Waals surface area contributed by atoms with Crippen LogP contribution in [0.3, 0.4) is 0 Å². The van der Waals surface area contributed by atoms with Crippen LogP contribution in [0.2, 0.25) is 5.02 Å². The average molecular weight is 280 g/mol. The van der Waals surface area contributed by atoms with E-state index < -0.39 is 0 Å². The second kappa shape index (κ2) is 5.01. The van der Waals surface area contributed by atoms with Crippen LogP contribution in [-0.2, 0) is 13.1 Å². The van der Waals surface area contributed by atoms with Crippen LogP contribution in [-0.4, -0.2) is 16.6 Å². The highest BCUT2D eigenvalue weighted by molar-refractivity contribution is 6.33. The number of ether oxygens (including phenoxy) is 2. The SMILES string of the molecule is CCn1cc(CNc2cc3c(cc2Cl)OCO3)cn1. The molecule has 0 bridgehead atoms. The Bertz CT molecular complexity index is 598. The van der Waals surface area contributed by atoms with Gasteiger partial charge >= 0.3 is 0 Å². The van der Waals surface area contributed by atoms with Gasteiger partial charge in [-0.25, -0.2) is 0 Å². The maximum atomic E-state index is 6.19. The van der Waals surface area contributed by atoms with Gasteiger partial charge in [0.25, 0.3) is 0 Å². The van der Waals surface area contributed by atoms with Gasteiger partial charge in [-0.2, -0.15) is 5.10 Å². The molecule has 3 rings (SSSR count). The Balaban J connectivity index is 1.73. The zero-order chi connectivity index (χ0) is 13.2. The van der Waals surface area contributed by atoms with Crippen LogP contribution in [0.4, 0.5) is 5.69 Å². The number of aromatic nitrogens is 2. The molecule has 0 fully saturated rings. The third kappa shape index (κ3) is 2.46. The van der Waals surface area contributed by atoms with E-state index in [2.05, 4.69) is 17.3 Å². The molecule has 0 aliphatic carbocycles. The van der Waals surface area contributed by atoms with Crippen molar-refractivity contribution in [3.05, 3.63) is 35.1 Å². The van der Waals surface area contributed by atoms with Crippen molar-refractivity contribution in [1.29, 1.82) is 0 Å². The van der Waals surface area contributed by atoms with Gasteiger partial charge in [0.1, 0.15) is 0 Å². The highest BCUT2D eigenvalue weighted by atomic mass is 35.5. The minimum Gasteiger partial charge on any atom is -0.454 e. The van der Waals surface area contributed by atoms with Gasteiger partial charge in [0.2, 0.25) is 6.79 Å². The zero-order valence-corrected chi connectivity index (χ0v) is 11.3.